The minimum atomic E-state index is 0.706. The van der Waals surface area contributed by atoms with E-state index in [9.17, 15) is 0 Å². The third kappa shape index (κ3) is 2.35. The lowest BCUT2D eigenvalue weighted by molar-refractivity contribution is 0.222. The third-order valence-electron chi connectivity index (χ3n) is 1.51. The van der Waals surface area contributed by atoms with Gasteiger partial charge in [0.15, 0.2) is 0 Å². The highest BCUT2D eigenvalue weighted by Crippen LogP contribution is 2.10. The molecule has 1 aliphatic heterocycles. The number of ether oxygens (including phenoxy) is 1. The van der Waals surface area contributed by atoms with Crippen LogP contribution in [0.1, 0.15) is 13.3 Å². The Morgan fingerprint density at radius 2 is 2.45 bits per heavy atom. The summed E-state index contributed by atoms with van der Waals surface area (Å²) in [6.07, 6.45) is 2.95. The highest BCUT2D eigenvalue weighted by Gasteiger charge is 2.06. The standard InChI is InChI=1S/C8H14N2O/c1-7-4-8(6-11-3)5-10(2)9-7/h5H,4,6H2,1-3H3. The van der Waals surface area contributed by atoms with Gasteiger partial charge in [-0.15, -0.1) is 0 Å². The fraction of sp³-hybridized carbons (Fsp3) is 0.625. The minimum absolute atomic E-state index is 0.706. The lowest BCUT2D eigenvalue weighted by Crippen LogP contribution is -2.15. The van der Waals surface area contributed by atoms with Crippen molar-refractivity contribution in [1.29, 1.82) is 0 Å². The van der Waals surface area contributed by atoms with Crippen molar-refractivity contribution in [2.75, 3.05) is 20.8 Å². The van der Waals surface area contributed by atoms with Crippen LogP contribution in [0.2, 0.25) is 0 Å². The fourth-order valence-electron chi connectivity index (χ4n) is 1.25. The van der Waals surface area contributed by atoms with Gasteiger partial charge in [-0.05, 0) is 12.5 Å². The molecule has 11 heavy (non-hydrogen) atoms. The molecule has 0 unspecified atom stereocenters. The monoisotopic (exact) mass is 154 g/mol. The van der Waals surface area contributed by atoms with Gasteiger partial charge in [0.1, 0.15) is 0 Å². The summed E-state index contributed by atoms with van der Waals surface area (Å²) in [6, 6.07) is 0. The number of hydrogen-bond acceptors (Lipinski definition) is 3. The molecule has 0 aliphatic carbocycles. The zero-order valence-electron chi connectivity index (χ0n) is 7.29. The molecule has 0 saturated carbocycles. The van der Waals surface area contributed by atoms with E-state index in [1.165, 1.54) is 5.57 Å². The lowest BCUT2D eigenvalue weighted by Gasteiger charge is -2.18. The maximum absolute atomic E-state index is 5.03. The molecule has 62 valence electrons. The van der Waals surface area contributed by atoms with Gasteiger partial charge in [-0.2, -0.15) is 5.10 Å². The summed E-state index contributed by atoms with van der Waals surface area (Å²) >= 11 is 0. The molecule has 1 heterocycles. The van der Waals surface area contributed by atoms with E-state index < -0.39 is 0 Å². The molecule has 0 bridgehead atoms. The fourth-order valence-corrected chi connectivity index (χ4v) is 1.25. The van der Waals surface area contributed by atoms with Crippen molar-refractivity contribution in [2.45, 2.75) is 13.3 Å². The highest BCUT2D eigenvalue weighted by atomic mass is 16.5. The van der Waals surface area contributed by atoms with Gasteiger partial charge in [-0.3, -0.25) is 5.01 Å². The Kier molecular flexibility index (Phi) is 2.65. The molecule has 3 nitrogen and oxygen atoms in total. The van der Waals surface area contributed by atoms with Gasteiger partial charge in [-0.1, -0.05) is 0 Å². The second-order valence-corrected chi connectivity index (χ2v) is 2.81. The summed E-state index contributed by atoms with van der Waals surface area (Å²) in [6.45, 7) is 2.73. The Hall–Kier alpha value is -0.830. The molecule has 0 aromatic rings. The van der Waals surface area contributed by atoms with Crippen molar-refractivity contribution in [3.63, 3.8) is 0 Å². The molecule has 0 atom stereocenters. The Bertz CT molecular complexity index is 196. The Morgan fingerprint density at radius 3 is 3.00 bits per heavy atom. The zero-order chi connectivity index (χ0) is 8.27. The van der Waals surface area contributed by atoms with Crippen LogP contribution in [0.4, 0.5) is 0 Å². The summed E-state index contributed by atoms with van der Waals surface area (Å²) < 4.78 is 5.03. The van der Waals surface area contributed by atoms with Gasteiger partial charge in [-0.25, -0.2) is 0 Å². The van der Waals surface area contributed by atoms with E-state index in [2.05, 4.69) is 5.10 Å². The zero-order valence-corrected chi connectivity index (χ0v) is 7.29. The number of methoxy groups -OCH3 is 1. The first-order valence-electron chi connectivity index (χ1n) is 3.68. The van der Waals surface area contributed by atoms with Crippen LogP contribution in [0.25, 0.3) is 0 Å². The first kappa shape index (κ1) is 8.27. The van der Waals surface area contributed by atoms with E-state index in [-0.39, 0.29) is 0 Å². The van der Waals surface area contributed by atoms with Gasteiger partial charge in [0.25, 0.3) is 0 Å². The summed E-state index contributed by atoms with van der Waals surface area (Å²) in [7, 11) is 3.64. The minimum Gasteiger partial charge on any atom is -0.380 e. The number of nitrogens with zero attached hydrogens (tertiary/aromatic N) is 2. The Labute approximate surface area is 67.3 Å². The van der Waals surface area contributed by atoms with Crippen LogP contribution in [-0.4, -0.2) is 31.5 Å². The molecule has 0 amide bonds. The van der Waals surface area contributed by atoms with E-state index in [1.54, 1.807) is 7.11 Å². The molecule has 3 heteroatoms. The highest BCUT2D eigenvalue weighted by molar-refractivity contribution is 5.84. The van der Waals surface area contributed by atoms with Crippen LogP contribution in [0.5, 0.6) is 0 Å². The molecule has 0 saturated heterocycles. The van der Waals surface area contributed by atoms with Gasteiger partial charge >= 0.3 is 0 Å². The molecule has 0 aromatic carbocycles. The number of hydrogen-bond donors (Lipinski definition) is 0. The van der Waals surface area contributed by atoms with Crippen molar-refractivity contribution in [3.8, 4) is 0 Å². The molecular weight excluding hydrogens is 140 g/mol. The smallest absolute Gasteiger partial charge is 0.0694 e. The second kappa shape index (κ2) is 3.53. The van der Waals surface area contributed by atoms with Gasteiger partial charge in [0.05, 0.1) is 6.61 Å². The lowest BCUT2D eigenvalue weighted by atomic mass is 10.1. The average Bonchev–Trinajstić information content (AvgIpc) is 1.85. The molecule has 0 N–H and O–H groups in total. The molecule has 0 radical (unpaired) electrons. The largest absolute Gasteiger partial charge is 0.380 e. The van der Waals surface area contributed by atoms with Crippen LogP contribution in [0.15, 0.2) is 16.9 Å². The normalized spacial score (nSPS) is 17.9. The number of hydrazone groups is 1. The van der Waals surface area contributed by atoms with Gasteiger partial charge in [0.2, 0.25) is 0 Å². The van der Waals surface area contributed by atoms with Crippen molar-refractivity contribution < 1.29 is 4.74 Å². The Balaban J connectivity index is 2.56. The van der Waals surface area contributed by atoms with Gasteiger partial charge in [0, 0.05) is 32.5 Å². The molecule has 0 spiro atoms. The van der Waals surface area contributed by atoms with Crippen LogP contribution < -0.4 is 0 Å². The second-order valence-electron chi connectivity index (χ2n) is 2.81. The maximum Gasteiger partial charge on any atom is 0.0694 e. The van der Waals surface area contributed by atoms with E-state index >= 15 is 0 Å². The van der Waals surface area contributed by atoms with E-state index in [0.717, 1.165) is 12.1 Å². The maximum atomic E-state index is 5.03. The van der Waals surface area contributed by atoms with Crippen molar-refractivity contribution in [2.24, 2.45) is 5.10 Å². The molecular formula is C8H14N2O. The quantitative estimate of drug-likeness (QED) is 0.597. The predicted octanol–water partition coefficient (Wildman–Crippen LogP) is 1.23. The average molecular weight is 154 g/mol. The molecule has 1 rings (SSSR count). The summed E-state index contributed by atoms with van der Waals surface area (Å²) in [4.78, 5) is 0. The van der Waals surface area contributed by atoms with Crippen LogP contribution in [0, 0.1) is 0 Å². The molecule has 0 aromatic heterocycles. The van der Waals surface area contributed by atoms with Crippen molar-refractivity contribution in [3.05, 3.63) is 11.8 Å². The summed E-state index contributed by atoms with van der Waals surface area (Å²) in [5, 5.41) is 6.06. The first-order chi connectivity index (χ1) is 5.22. The third-order valence-corrected chi connectivity index (χ3v) is 1.51. The number of rotatable bonds is 2. The van der Waals surface area contributed by atoms with Crippen LogP contribution >= 0.6 is 0 Å². The van der Waals surface area contributed by atoms with Crippen LogP contribution in [0.3, 0.4) is 0 Å². The molecule has 0 fully saturated rings. The molecule has 1 aliphatic rings. The topological polar surface area (TPSA) is 24.8 Å². The van der Waals surface area contributed by atoms with E-state index in [4.69, 9.17) is 4.74 Å². The van der Waals surface area contributed by atoms with E-state index in [1.807, 2.05) is 25.2 Å². The summed E-state index contributed by atoms with van der Waals surface area (Å²) in [5.74, 6) is 0. The Morgan fingerprint density at radius 1 is 1.73 bits per heavy atom. The predicted molar refractivity (Wildman–Crippen MR) is 45.4 cm³/mol. The van der Waals surface area contributed by atoms with Gasteiger partial charge < -0.3 is 4.74 Å². The van der Waals surface area contributed by atoms with Crippen molar-refractivity contribution >= 4 is 5.71 Å². The SMILES string of the molecule is COCC1=CN(C)N=C(C)C1. The summed E-state index contributed by atoms with van der Waals surface area (Å²) in [5.41, 5.74) is 2.42. The van der Waals surface area contributed by atoms with Crippen molar-refractivity contribution in [1.82, 2.24) is 5.01 Å². The first-order valence-corrected chi connectivity index (χ1v) is 3.68. The van der Waals surface area contributed by atoms with Crippen LogP contribution in [-0.2, 0) is 4.74 Å². The van der Waals surface area contributed by atoms with E-state index in [0.29, 0.717) is 6.61 Å².